The normalized spacial score (nSPS) is 18.0. The van der Waals surface area contributed by atoms with Gasteiger partial charge in [0, 0.05) is 10.9 Å². The highest BCUT2D eigenvalue weighted by molar-refractivity contribution is 7.89. The standard InChI is InChI=1S/C19H20ClFN2O4S/c1-10-4-6-14(21)17(11(10)2)12(3)18(19(24)25)23-9-22-15-8-13(20)5-7-16(15)28(23,26)27/h4-8,12,18,22H,9H2,1-3H3,(H,24,25). The molecule has 0 aliphatic carbocycles. The minimum atomic E-state index is -4.12. The number of aliphatic carboxylic acids is 1. The molecule has 0 fully saturated rings. The van der Waals surface area contributed by atoms with E-state index in [2.05, 4.69) is 5.32 Å². The molecule has 1 aliphatic rings. The van der Waals surface area contributed by atoms with Crippen molar-refractivity contribution in [3.05, 3.63) is 57.9 Å². The summed E-state index contributed by atoms with van der Waals surface area (Å²) in [5.41, 5.74) is 1.91. The third-order valence-corrected chi connectivity index (χ3v) is 7.30. The Hall–Kier alpha value is -2.16. The lowest BCUT2D eigenvalue weighted by atomic mass is 9.87. The Morgan fingerprint density at radius 1 is 1.29 bits per heavy atom. The Bertz CT molecular complexity index is 1060. The molecule has 9 heteroatoms. The molecule has 6 nitrogen and oxygen atoms in total. The SMILES string of the molecule is Cc1ccc(F)c(C(C)C(C(=O)O)N2CNc3cc(Cl)ccc3S2(=O)=O)c1C. The number of hydrogen-bond donors (Lipinski definition) is 2. The number of anilines is 1. The lowest BCUT2D eigenvalue weighted by molar-refractivity contribution is -0.142. The van der Waals surface area contributed by atoms with E-state index in [1.54, 1.807) is 19.9 Å². The smallest absolute Gasteiger partial charge is 0.322 e. The van der Waals surface area contributed by atoms with Crippen molar-refractivity contribution in [2.45, 2.75) is 37.6 Å². The van der Waals surface area contributed by atoms with Gasteiger partial charge in [-0.25, -0.2) is 12.8 Å². The number of carbonyl (C=O) groups is 1. The monoisotopic (exact) mass is 426 g/mol. The van der Waals surface area contributed by atoms with Crippen LogP contribution >= 0.6 is 11.6 Å². The molecule has 1 heterocycles. The van der Waals surface area contributed by atoms with E-state index in [-0.39, 0.29) is 17.1 Å². The molecule has 2 atom stereocenters. The molecule has 3 rings (SSSR count). The van der Waals surface area contributed by atoms with Gasteiger partial charge >= 0.3 is 5.97 Å². The molecule has 0 spiro atoms. The highest BCUT2D eigenvalue weighted by Gasteiger charge is 2.43. The van der Waals surface area contributed by atoms with Gasteiger partial charge in [-0.15, -0.1) is 0 Å². The summed E-state index contributed by atoms with van der Waals surface area (Å²) in [6, 6.07) is 5.61. The fraction of sp³-hybridized carbons (Fsp3) is 0.316. The fourth-order valence-electron chi connectivity index (χ4n) is 3.60. The summed E-state index contributed by atoms with van der Waals surface area (Å²) < 4.78 is 41.7. The van der Waals surface area contributed by atoms with Crippen LogP contribution in [0.4, 0.5) is 10.1 Å². The Labute approximate surface area is 168 Å². The van der Waals surface area contributed by atoms with Crippen LogP contribution in [0.2, 0.25) is 5.02 Å². The number of fused-ring (bicyclic) bond motifs is 1. The Balaban J connectivity index is 2.10. The largest absolute Gasteiger partial charge is 0.480 e. The van der Waals surface area contributed by atoms with Crippen LogP contribution in [0.5, 0.6) is 0 Å². The third-order valence-electron chi connectivity index (χ3n) is 5.18. The second kappa shape index (κ2) is 7.35. The van der Waals surface area contributed by atoms with Crippen LogP contribution in [0.1, 0.15) is 29.5 Å². The number of benzene rings is 2. The van der Waals surface area contributed by atoms with Crippen molar-refractivity contribution < 1.29 is 22.7 Å². The molecular weight excluding hydrogens is 407 g/mol. The zero-order valence-electron chi connectivity index (χ0n) is 15.5. The fourth-order valence-corrected chi connectivity index (χ4v) is 5.48. The third kappa shape index (κ3) is 3.36. The summed E-state index contributed by atoms with van der Waals surface area (Å²) in [6.07, 6.45) is 0. The number of aryl methyl sites for hydroxylation is 1. The zero-order valence-corrected chi connectivity index (χ0v) is 17.1. The van der Waals surface area contributed by atoms with E-state index in [9.17, 15) is 22.7 Å². The van der Waals surface area contributed by atoms with E-state index >= 15 is 0 Å². The molecule has 28 heavy (non-hydrogen) atoms. The Morgan fingerprint density at radius 3 is 2.61 bits per heavy atom. The quantitative estimate of drug-likeness (QED) is 0.777. The minimum absolute atomic E-state index is 0.0666. The summed E-state index contributed by atoms with van der Waals surface area (Å²) in [5.74, 6) is -2.82. The van der Waals surface area contributed by atoms with Gasteiger partial charge in [0.25, 0.3) is 0 Å². The van der Waals surface area contributed by atoms with Crippen molar-refractivity contribution >= 4 is 33.3 Å². The van der Waals surface area contributed by atoms with Crippen LogP contribution in [0.15, 0.2) is 35.2 Å². The maximum atomic E-state index is 14.6. The van der Waals surface area contributed by atoms with Gasteiger partial charge in [-0.2, -0.15) is 4.31 Å². The van der Waals surface area contributed by atoms with Gasteiger partial charge < -0.3 is 10.4 Å². The van der Waals surface area contributed by atoms with Crippen molar-refractivity contribution in [1.82, 2.24) is 4.31 Å². The first-order chi connectivity index (χ1) is 13.1. The lowest BCUT2D eigenvalue weighted by Crippen LogP contribution is -2.52. The maximum Gasteiger partial charge on any atom is 0.322 e. The summed E-state index contributed by atoms with van der Waals surface area (Å²) in [5, 5.41) is 13.1. The van der Waals surface area contributed by atoms with E-state index in [1.165, 1.54) is 31.2 Å². The molecule has 0 amide bonds. The first-order valence-electron chi connectivity index (χ1n) is 8.59. The summed E-state index contributed by atoms with van der Waals surface area (Å²) in [7, 11) is -4.12. The second-order valence-electron chi connectivity index (χ2n) is 6.84. The van der Waals surface area contributed by atoms with Crippen molar-refractivity contribution in [2.24, 2.45) is 0 Å². The van der Waals surface area contributed by atoms with Gasteiger partial charge in [0.2, 0.25) is 10.0 Å². The number of hydrogen-bond acceptors (Lipinski definition) is 4. The number of carboxylic acid groups (broad SMARTS) is 1. The zero-order chi connectivity index (χ0) is 20.8. The summed E-state index contributed by atoms with van der Waals surface area (Å²) in [4.78, 5) is 12.0. The van der Waals surface area contributed by atoms with E-state index in [1.807, 2.05) is 0 Å². The minimum Gasteiger partial charge on any atom is -0.480 e. The highest BCUT2D eigenvalue weighted by Crippen LogP contribution is 2.37. The molecule has 2 aromatic carbocycles. The predicted molar refractivity (Wildman–Crippen MR) is 105 cm³/mol. The van der Waals surface area contributed by atoms with Crippen molar-refractivity contribution in [3.63, 3.8) is 0 Å². The molecule has 2 unspecified atom stereocenters. The van der Waals surface area contributed by atoms with Crippen LogP contribution in [-0.2, 0) is 14.8 Å². The molecule has 2 aromatic rings. The Kier molecular flexibility index (Phi) is 5.40. The number of nitrogens with zero attached hydrogens (tertiary/aromatic N) is 1. The first kappa shape index (κ1) is 20.6. The van der Waals surface area contributed by atoms with E-state index in [0.29, 0.717) is 16.3 Å². The van der Waals surface area contributed by atoms with Gasteiger partial charge in [-0.1, -0.05) is 24.6 Å². The van der Waals surface area contributed by atoms with E-state index < -0.39 is 33.8 Å². The van der Waals surface area contributed by atoms with Crippen LogP contribution in [0, 0.1) is 19.7 Å². The predicted octanol–water partition coefficient (Wildman–Crippen LogP) is 3.73. The Morgan fingerprint density at radius 2 is 1.96 bits per heavy atom. The molecule has 1 aliphatic heterocycles. The van der Waals surface area contributed by atoms with Gasteiger partial charge in [0.05, 0.1) is 12.4 Å². The molecule has 0 saturated carbocycles. The van der Waals surface area contributed by atoms with Crippen molar-refractivity contribution in [1.29, 1.82) is 0 Å². The lowest BCUT2D eigenvalue weighted by Gasteiger charge is -2.36. The van der Waals surface area contributed by atoms with Crippen LogP contribution in [0.25, 0.3) is 0 Å². The second-order valence-corrected chi connectivity index (χ2v) is 9.14. The van der Waals surface area contributed by atoms with Crippen LogP contribution in [0.3, 0.4) is 0 Å². The number of nitrogens with one attached hydrogen (secondary N) is 1. The molecular formula is C19H20ClFN2O4S. The molecule has 150 valence electrons. The molecule has 0 bridgehead atoms. The van der Waals surface area contributed by atoms with Crippen LogP contribution in [-0.4, -0.2) is 36.5 Å². The number of halogens is 2. The van der Waals surface area contributed by atoms with Gasteiger partial charge in [-0.05, 0) is 54.8 Å². The van der Waals surface area contributed by atoms with Crippen molar-refractivity contribution in [3.8, 4) is 0 Å². The number of rotatable bonds is 4. The van der Waals surface area contributed by atoms with Crippen molar-refractivity contribution in [2.75, 3.05) is 12.0 Å². The first-order valence-corrected chi connectivity index (χ1v) is 10.4. The maximum absolute atomic E-state index is 14.6. The average molecular weight is 427 g/mol. The van der Waals surface area contributed by atoms with E-state index in [0.717, 1.165) is 9.87 Å². The number of sulfonamides is 1. The number of carboxylic acids is 1. The van der Waals surface area contributed by atoms with E-state index in [4.69, 9.17) is 11.6 Å². The highest BCUT2D eigenvalue weighted by atomic mass is 35.5. The molecule has 0 radical (unpaired) electrons. The van der Waals surface area contributed by atoms with Gasteiger partial charge in [0.15, 0.2) is 0 Å². The average Bonchev–Trinajstić information content (AvgIpc) is 2.60. The van der Waals surface area contributed by atoms with Crippen LogP contribution < -0.4 is 5.32 Å². The molecule has 0 aromatic heterocycles. The topological polar surface area (TPSA) is 86.7 Å². The van der Waals surface area contributed by atoms with Gasteiger partial charge in [0.1, 0.15) is 16.8 Å². The van der Waals surface area contributed by atoms with Gasteiger partial charge in [-0.3, -0.25) is 4.79 Å². The summed E-state index contributed by atoms with van der Waals surface area (Å²) in [6.45, 7) is 4.75. The molecule has 2 N–H and O–H groups in total. The molecule has 0 saturated heterocycles. The summed E-state index contributed by atoms with van der Waals surface area (Å²) >= 11 is 5.92.